The SMILES string of the molecule is O=C(O)c1cccc(-c2ccccc2)c1NCCNCC(O)COc1ccccc1. The number of ether oxygens (including phenoxy) is 1. The van der Waals surface area contributed by atoms with E-state index >= 15 is 0 Å². The molecule has 1 atom stereocenters. The number of hydrogen-bond donors (Lipinski definition) is 4. The summed E-state index contributed by atoms with van der Waals surface area (Å²) in [5, 5.41) is 26.0. The van der Waals surface area contributed by atoms with Gasteiger partial charge in [-0.05, 0) is 23.8 Å². The summed E-state index contributed by atoms with van der Waals surface area (Å²) in [5.41, 5.74) is 2.61. The molecule has 30 heavy (non-hydrogen) atoms. The number of nitrogens with one attached hydrogen (secondary N) is 2. The lowest BCUT2D eigenvalue weighted by Crippen LogP contribution is -2.34. The van der Waals surface area contributed by atoms with Gasteiger partial charge in [-0.25, -0.2) is 4.79 Å². The van der Waals surface area contributed by atoms with Crippen LogP contribution in [0.3, 0.4) is 0 Å². The highest BCUT2D eigenvalue weighted by atomic mass is 16.5. The molecule has 1 unspecified atom stereocenters. The fourth-order valence-electron chi connectivity index (χ4n) is 3.09. The van der Waals surface area contributed by atoms with Gasteiger partial charge >= 0.3 is 5.97 Å². The quantitative estimate of drug-likeness (QED) is 0.365. The number of carbonyl (C=O) groups is 1. The topological polar surface area (TPSA) is 90.8 Å². The van der Waals surface area contributed by atoms with Crippen LogP contribution in [0.1, 0.15) is 10.4 Å². The Morgan fingerprint density at radius 1 is 0.900 bits per heavy atom. The minimum Gasteiger partial charge on any atom is -0.491 e. The number of aliphatic hydroxyl groups excluding tert-OH is 1. The molecule has 0 saturated heterocycles. The Labute approximate surface area is 176 Å². The van der Waals surface area contributed by atoms with Crippen molar-refractivity contribution >= 4 is 11.7 Å². The van der Waals surface area contributed by atoms with Crippen LogP contribution in [-0.4, -0.2) is 48.5 Å². The molecule has 6 heteroatoms. The first-order valence-electron chi connectivity index (χ1n) is 9.87. The maximum absolute atomic E-state index is 11.7. The average Bonchev–Trinajstić information content (AvgIpc) is 2.78. The zero-order chi connectivity index (χ0) is 21.2. The number of aliphatic hydroxyl groups is 1. The van der Waals surface area contributed by atoms with E-state index in [9.17, 15) is 15.0 Å². The van der Waals surface area contributed by atoms with E-state index in [1.54, 1.807) is 12.1 Å². The number of benzene rings is 3. The Hall–Kier alpha value is -3.35. The minimum atomic E-state index is -0.975. The van der Waals surface area contributed by atoms with Gasteiger partial charge in [-0.15, -0.1) is 0 Å². The molecule has 6 nitrogen and oxygen atoms in total. The van der Waals surface area contributed by atoms with E-state index in [4.69, 9.17) is 4.74 Å². The molecule has 0 aromatic heterocycles. The van der Waals surface area contributed by atoms with Crippen molar-refractivity contribution in [1.29, 1.82) is 0 Å². The maximum Gasteiger partial charge on any atom is 0.337 e. The molecule has 4 N–H and O–H groups in total. The van der Waals surface area contributed by atoms with E-state index in [0.29, 0.717) is 25.3 Å². The van der Waals surface area contributed by atoms with Crippen LogP contribution in [0.2, 0.25) is 0 Å². The van der Waals surface area contributed by atoms with E-state index in [-0.39, 0.29) is 12.2 Å². The average molecular weight is 406 g/mol. The highest BCUT2D eigenvalue weighted by Crippen LogP contribution is 2.31. The first-order valence-corrected chi connectivity index (χ1v) is 9.87. The summed E-state index contributed by atoms with van der Waals surface area (Å²) >= 11 is 0. The van der Waals surface area contributed by atoms with E-state index in [1.807, 2.05) is 66.7 Å². The molecule has 0 aliphatic heterocycles. The van der Waals surface area contributed by atoms with Gasteiger partial charge in [0, 0.05) is 25.2 Å². The van der Waals surface area contributed by atoms with Crippen molar-refractivity contribution in [3.63, 3.8) is 0 Å². The number of anilines is 1. The molecule has 0 amide bonds. The van der Waals surface area contributed by atoms with Crippen LogP contribution in [0.4, 0.5) is 5.69 Å². The van der Waals surface area contributed by atoms with Gasteiger partial charge < -0.3 is 25.6 Å². The van der Waals surface area contributed by atoms with Crippen LogP contribution in [0.15, 0.2) is 78.9 Å². The summed E-state index contributed by atoms with van der Waals surface area (Å²) in [5.74, 6) is -0.256. The van der Waals surface area contributed by atoms with Crippen LogP contribution < -0.4 is 15.4 Å². The van der Waals surface area contributed by atoms with Crippen LogP contribution >= 0.6 is 0 Å². The molecule has 0 spiro atoms. The minimum absolute atomic E-state index is 0.199. The third-order valence-corrected chi connectivity index (χ3v) is 4.55. The van der Waals surface area contributed by atoms with E-state index in [1.165, 1.54) is 0 Å². The first-order chi connectivity index (χ1) is 14.6. The highest BCUT2D eigenvalue weighted by molar-refractivity contribution is 5.99. The van der Waals surface area contributed by atoms with Crippen molar-refractivity contribution in [1.82, 2.24) is 5.32 Å². The summed E-state index contributed by atoms with van der Waals surface area (Å²) in [6, 6.07) is 24.3. The third-order valence-electron chi connectivity index (χ3n) is 4.55. The summed E-state index contributed by atoms with van der Waals surface area (Å²) in [4.78, 5) is 11.7. The molecule has 0 aliphatic carbocycles. The van der Waals surface area contributed by atoms with E-state index in [0.717, 1.165) is 16.9 Å². The molecule has 0 aliphatic rings. The van der Waals surface area contributed by atoms with Crippen LogP contribution in [0, 0.1) is 0 Å². The second-order valence-corrected chi connectivity index (χ2v) is 6.81. The predicted molar refractivity (Wildman–Crippen MR) is 118 cm³/mol. The summed E-state index contributed by atoms with van der Waals surface area (Å²) < 4.78 is 5.53. The fourth-order valence-corrected chi connectivity index (χ4v) is 3.09. The number of carboxylic acid groups (broad SMARTS) is 1. The molecule has 3 aromatic rings. The number of hydrogen-bond acceptors (Lipinski definition) is 5. The standard InChI is InChI=1S/C24H26N2O4/c27-19(17-30-20-10-5-2-6-11-20)16-25-14-15-26-23-21(18-8-3-1-4-9-18)12-7-13-22(23)24(28)29/h1-13,19,25-27H,14-17H2,(H,28,29). The third kappa shape index (κ3) is 6.07. The maximum atomic E-state index is 11.7. The number of para-hydroxylation sites is 2. The molecule has 3 rings (SSSR count). The molecule has 0 fully saturated rings. The summed E-state index contributed by atoms with van der Waals surface area (Å²) in [6.45, 7) is 1.64. The Morgan fingerprint density at radius 3 is 2.30 bits per heavy atom. The van der Waals surface area contributed by atoms with Crippen LogP contribution in [0.25, 0.3) is 11.1 Å². The van der Waals surface area contributed by atoms with E-state index < -0.39 is 12.1 Å². The highest BCUT2D eigenvalue weighted by Gasteiger charge is 2.14. The molecule has 0 radical (unpaired) electrons. The van der Waals surface area contributed by atoms with Gasteiger partial charge in [-0.3, -0.25) is 0 Å². The molecule has 0 heterocycles. The Bertz CT molecular complexity index is 932. The summed E-state index contributed by atoms with van der Waals surface area (Å²) in [6.07, 6.45) is -0.642. The van der Waals surface area contributed by atoms with Crippen molar-refractivity contribution in [2.24, 2.45) is 0 Å². The van der Waals surface area contributed by atoms with Gasteiger partial charge in [-0.2, -0.15) is 0 Å². The normalized spacial score (nSPS) is 11.6. The lowest BCUT2D eigenvalue weighted by Gasteiger charge is -2.16. The number of aromatic carboxylic acids is 1. The lowest BCUT2D eigenvalue weighted by atomic mass is 10.00. The zero-order valence-electron chi connectivity index (χ0n) is 16.6. The fraction of sp³-hybridized carbons (Fsp3) is 0.208. The number of carboxylic acids is 1. The van der Waals surface area contributed by atoms with Gasteiger partial charge in [0.1, 0.15) is 18.5 Å². The second kappa shape index (κ2) is 11.0. The Balaban J connectivity index is 1.51. The van der Waals surface area contributed by atoms with Gasteiger partial charge in [0.2, 0.25) is 0 Å². The lowest BCUT2D eigenvalue weighted by molar-refractivity contribution is 0.0698. The van der Waals surface area contributed by atoms with Crippen molar-refractivity contribution in [2.75, 3.05) is 31.6 Å². The van der Waals surface area contributed by atoms with Gasteiger partial charge in [0.05, 0.1) is 11.3 Å². The van der Waals surface area contributed by atoms with Crippen molar-refractivity contribution in [3.8, 4) is 16.9 Å². The Morgan fingerprint density at radius 2 is 1.60 bits per heavy atom. The second-order valence-electron chi connectivity index (χ2n) is 6.81. The van der Waals surface area contributed by atoms with Gasteiger partial charge in [0.15, 0.2) is 0 Å². The predicted octanol–water partition coefficient (Wildman–Crippen LogP) is 3.49. The van der Waals surface area contributed by atoms with Gasteiger partial charge in [-0.1, -0.05) is 60.7 Å². The van der Waals surface area contributed by atoms with Crippen molar-refractivity contribution < 1.29 is 19.7 Å². The largest absolute Gasteiger partial charge is 0.491 e. The monoisotopic (exact) mass is 406 g/mol. The molecular formula is C24H26N2O4. The molecule has 3 aromatic carbocycles. The Kier molecular flexibility index (Phi) is 7.83. The van der Waals surface area contributed by atoms with Crippen LogP contribution in [-0.2, 0) is 0 Å². The van der Waals surface area contributed by atoms with Crippen LogP contribution in [0.5, 0.6) is 5.75 Å². The van der Waals surface area contributed by atoms with Gasteiger partial charge in [0.25, 0.3) is 0 Å². The smallest absolute Gasteiger partial charge is 0.337 e. The van der Waals surface area contributed by atoms with Crippen molar-refractivity contribution in [2.45, 2.75) is 6.10 Å². The van der Waals surface area contributed by atoms with Crippen molar-refractivity contribution in [3.05, 3.63) is 84.4 Å². The molecule has 0 saturated carbocycles. The first kappa shape index (κ1) is 21.4. The summed E-state index contributed by atoms with van der Waals surface area (Å²) in [7, 11) is 0. The number of rotatable bonds is 11. The zero-order valence-corrected chi connectivity index (χ0v) is 16.6. The molecule has 0 bridgehead atoms. The van der Waals surface area contributed by atoms with E-state index in [2.05, 4.69) is 10.6 Å². The molecule has 156 valence electrons. The molecular weight excluding hydrogens is 380 g/mol.